The lowest BCUT2D eigenvalue weighted by atomic mass is 9.99. The minimum absolute atomic E-state index is 0.0258. The van der Waals surface area contributed by atoms with Crippen LogP contribution in [0.3, 0.4) is 0 Å². The Bertz CT molecular complexity index is 707. The topological polar surface area (TPSA) is 83.5 Å². The summed E-state index contributed by atoms with van der Waals surface area (Å²) in [6.07, 6.45) is 2.13. The summed E-state index contributed by atoms with van der Waals surface area (Å²) in [5.41, 5.74) is 0.344. The predicted octanol–water partition coefficient (Wildman–Crippen LogP) is 1.82. The number of carbonyl (C=O) groups excluding carboxylic acids is 2. The zero-order chi connectivity index (χ0) is 17.7. The fourth-order valence-electron chi connectivity index (χ4n) is 2.67. The summed E-state index contributed by atoms with van der Waals surface area (Å²) in [5, 5.41) is 0. The van der Waals surface area contributed by atoms with Crippen LogP contribution in [0.15, 0.2) is 29.2 Å². The molecule has 1 fully saturated rings. The highest BCUT2D eigenvalue weighted by molar-refractivity contribution is 7.89. The molecular formula is C17H24N2O4S. The Hall–Kier alpha value is -1.73. The molecule has 132 valence electrons. The SMILES string of the molecule is CC(=O)c1cccc(S(=O)(=O)NCCC(=O)N2CCC(C)CC2)c1. The van der Waals surface area contributed by atoms with Gasteiger partial charge in [0.25, 0.3) is 0 Å². The standard InChI is InChI=1S/C17H24N2O4S/c1-13-7-10-19(11-8-13)17(21)6-9-18-24(22,23)16-5-3-4-15(12-16)14(2)20/h3-5,12-13,18H,6-11H2,1-2H3. The van der Waals surface area contributed by atoms with E-state index in [2.05, 4.69) is 11.6 Å². The minimum atomic E-state index is -3.72. The monoisotopic (exact) mass is 352 g/mol. The molecule has 1 aromatic rings. The van der Waals surface area contributed by atoms with Gasteiger partial charge in [0.2, 0.25) is 15.9 Å². The number of piperidine rings is 1. The van der Waals surface area contributed by atoms with Crippen LogP contribution >= 0.6 is 0 Å². The molecule has 1 saturated heterocycles. The number of likely N-dealkylation sites (tertiary alicyclic amines) is 1. The predicted molar refractivity (Wildman–Crippen MR) is 91.2 cm³/mol. The molecule has 0 saturated carbocycles. The lowest BCUT2D eigenvalue weighted by Gasteiger charge is -2.30. The highest BCUT2D eigenvalue weighted by Gasteiger charge is 2.21. The van der Waals surface area contributed by atoms with Gasteiger partial charge in [-0.3, -0.25) is 9.59 Å². The molecule has 1 aliphatic rings. The molecule has 7 heteroatoms. The molecular weight excluding hydrogens is 328 g/mol. The second kappa shape index (κ2) is 7.90. The number of rotatable bonds is 6. The van der Waals surface area contributed by atoms with Crippen molar-refractivity contribution in [3.8, 4) is 0 Å². The summed E-state index contributed by atoms with van der Waals surface area (Å²) in [5.74, 6) is 0.421. The molecule has 0 aromatic heterocycles. The van der Waals surface area contributed by atoms with E-state index in [0.717, 1.165) is 25.9 Å². The Morgan fingerprint density at radius 3 is 2.54 bits per heavy atom. The summed E-state index contributed by atoms with van der Waals surface area (Å²) in [6, 6.07) is 5.88. The Kier molecular flexibility index (Phi) is 6.12. The molecule has 24 heavy (non-hydrogen) atoms. The van der Waals surface area contributed by atoms with E-state index in [-0.39, 0.29) is 29.6 Å². The fraction of sp³-hybridized carbons (Fsp3) is 0.529. The molecule has 0 radical (unpaired) electrons. The van der Waals surface area contributed by atoms with E-state index in [1.165, 1.54) is 25.1 Å². The van der Waals surface area contributed by atoms with Gasteiger partial charge in [-0.05, 0) is 37.8 Å². The lowest BCUT2D eigenvalue weighted by Crippen LogP contribution is -2.39. The first kappa shape index (κ1) is 18.6. The summed E-state index contributed by atoms with van der Waals surface area (Å²) < 4.78 is 27.0. The van der Waals surface area contributed by atoms with E-state index in [9.17, 15) is 18.0 Å². The summed E-state index contributed by atoms with van der Waals surface area (Å²) in [6.45, 7) is 5.10. The number of ketones is 1. The van der Waals surface area contributed by atoms with Crippen molar-refractivity contribution in [3.63, 3.8) is 0 Å². The summed E-state index contributed by atoms with van der Waals surface area (Å²) in [4.78, 5) is 25.3. The highest BCUT2D eigenvalue weighted by Crippen LogP contribution is 2.16. The molecule has 1 N–H and O–H groups in total. The fourth-order valence-corrected chi connectivity index (χ4v) is 3.75. The van der Waals surface area contributed by atoms with Gasteiger partial charge in [-0.2, -0.15) is 0 Å². The van der Waals surface area contributed by atoms with Crippen LogP contribution in [0.5, 0.6) is 0 Å². The van der Waals surface area contributed by atoms with Crippen LogP contribution in [0.2, 0.25) is 0 Å². The number of amides is 1. The Balaban J connectivity index is 1.90. The largest absolute Gasteiger partial charge is 0.343 e. The number of carbonyl (C=O) groups is 2. The number of nitrogens with zero attached hydrogens (tertiary/aromatic N) is 1. The van der Waals surface area contributed by atoms with Crippen molar-refractivity contribution in [2.75, 3.05) is 19.6 Å². The molecule has 0 aliphatic carbocycles. The highest BCUT2D eigenvalue weighted by atomic mass is 32.2. The molecule has 1 aromatic carbocycles. The van der Waals surface area contributed by atoms with Crippen LogP contribution in [0, 0.1) is 5.92 Å². The van der Waals surface area contributed by atoms with Gasteiger partial charge in [0, 0.05) is 31.6 Å². The van der Waals surface area contributed by atoms with Crippen molar-refractivity contribution in [1.29, 1.82) is 0 Å². The molecule has 0 atom stereocenters. The van der Waals surface area contributed by atoms with Gasteiger partial charge in [0.15, 0.2) is 5.78 Å². The number of benzene rings is 1. The van der Waals surface area contributed by atoms with Crippen LogP contribution in [0.25, 0.3) is 0 Å². The van der Waals surface area contributed by atoms with Crippen molar-refractivity contribution < 1.29 is 18.0 Å². The number of sulfonamides is 1. The van der Waals surface area contributed by atoms with E-state index in [4.69, 9.17) is 0 Å². The quantitative estimate of drug-likeness (QED) is 0.792. The van der Waals surface area contributed by atoms with Crippen LogP contribution in [-0.4, -0.2) is 44.6 Å². The normalized spacial score (nSPS) is 16.2. The van der Waals surface area contributed by atoms with Crippen molar-refractivity contribution in [2.24, 2.45) is 5.92 Å². The van der Waals surface area contributed by atoms with Gasteiger partial charge in [-0.25, -0.2) is 13.1 Å². The van der Waals surface area contributed by atoms with E-state index in [1.807, 2.05) is 0 Å². The number of hydrogen-bond acceptors (Lipinski definition) is 4. The lowest BCUT2D eigenvalue weighted by molar-refractivity contribution is -0.132. The van der Waals surface area contributed by atoms with Gasteiger partial charge in [0.05, 0.1) is 4.90 Å². The third kappa shape index (κ3) is 4.88. The molecule has 1 aliphatic heterocycles. The molecule has 0 bridgehead atoms. The minimum Gasteiger partial charge on any atom is -0.343 e. The maximum Gasteiger partial charge on any atom is 0.240 e. The van der Waals surface area contributed by atoms with E-state index >= 15 is 0 Å². The van der Waals surface area contributed by atoms with Gasteiger partial charge in [-0.1, -0.05) is 19.1 Å². The summed E-state index contributed by atoms with van der Waals surface area (Å²) >= 11 is 0. The smallest absolute Gasteiger partial charge is 0.240 e. The first-order valence-electron chi connectivity index (χ1n) is 8.18. The van der Waals surface area contributed by atoms with Gasteiger partial charge in [-0.15, -0.1) is 0 Å². The van der Waals surface area contributed by atoms with E-state index < -0.39 is 10.0 Å². The van der Waals surface area contributed by atoms with E-state index in [1.54, 1.807) is 11.0 Å². The maximum atomic E-state index is 12.3. The molecule has 6 nitrogen and oxygen atoms in total. The Labute approximate surface area is 143 Å². The molecule has 0 unspecified atom stereocenters. The second-order valence-electron chi connectivity index (χ2n) is 6.30. The van der Waals surface area contributed by atoms with Crippen molar-refractivity contribution >= 4 is 21.7 Å². The number of Topliss-reactive ketones (excluding diaryl/α,β-unsaturated/α-hetero) is 1. The maximum absolute atomic E-state index is 12.3. The third-order valence-electron chi connectivity index (χ3n) is 4.32. The van der Waals surface area contributed by atoms with Gasteiger partial charge in [0.1, 0.15) is 0 Å². The Morgan fingerprint density at radius 1 is 1.25 bits per heavy atom. The van der Waals surface area contributed by atoms with Crippen LogP contribution in [0.4, 0.5) is 0 Å². The Morgan fingerprint density at radius 2 is 1.92 bits per heavy atom. The van der Waals surface area contributed by atoms with Crippen molar-refractivity contribution in [3.05, 3.63) is 29.8 Å². The summed E-state index contributed by atoms with van der Waals surface area (Å²) in [7, 11) is -3.72. The van der Waals surface area contributed by atoms with Crippen molar-refractivity contribution in [2.45, 2.75) is 38.0 Å². The first-order valence-corrected chi connectivity index (χ1v) is 9.66. The van der Waals surface area contributed by atoms with Crippen LogP contribution < -0.4 is 4.72 Å². The van der Waals surface area contributed by atoms with Gasteiger partial charge < -0.3 is 4.90 Å². The molecule has 0 spiro atoms. The average Bonchev–Trinajstić information content (AvgIpc) is 2.55. The average molecular weight is 352 g/mol. The zero-order valence-corrected chi connectivity index (χ0v) is 14.9. The van der Waals surface area contributed by atoms with Crippen molar-refractivity contribution in [1.82, 2.24) is 9.62 Å². The number of nitrogens with one attached hydrogen (secondary N) is 1. The van der Waals surface area contributed by atoms with E-state index in [0.29, 0.717) is 11.5 Å². The second-order valence-corrected chi connectivity index (χ2v) is 8.06. The van der Waals surface area contributed by atoms with Crippen LogP contribution in [0.1, 0.15) is 43.5 Å². The van der Waals surface area contributed by atoms with Crippen LogP contribution in [-0.2, 0) is 14.8 Å². The molecule has 1 heterocycles. The third-order valence-corrected chi connectivity index (χ3v) is 5.78. The molecule has 2 rings (SSSR count). The van der Waals surface area contributed by atoms with Gasteiger partial charge >= 0.3 is 0 Å². The zero-order valence-electron chi connectivity index (χ0n) is 14.1. The molecule has 1 amide bonds. The number of hydrogen-bond donors (Lipinski definition) is 1. The first-order chi connectivity index (χ1) is 11.3.